The second-order valence-electron chi connectivity index (χ2n) is 4.31. The molecule has 0 unspecified atom stereocenters. The van der Waals surface area contributed by atoms with Crippen molar-refractivity contribution < 1.29 is 26.7 Å². The fourth-order valence-electron chi connectivity index (χ4n) is 1.60. The maximum atomic E-state index is 13.1. The van der Waals surface area contributed by atoms with Crippen LogP contribution in [0.15, 0.2) is 21.5 Å². The largest absolute Gasteiger partial charge is 0.486 e. The summed E-state index contributed by atoms with van der Waals surface area (Å²) in [6, 6.07) is 2.64. The zero-order chi connectivity index (χ0) is 15.7. The number of alkyl halides is 2. The van der Waals surface area contributed by atoms with E-state index in [1.165, 1.54) is 12.1 Å². The van der Waals surface area contributed by atoms with E-state index in [0.717, 1.165) is 0 Å². The summed E-state index contributed by atoms with van der Waals surface area (Å²) < 4.78 is 62.9. The van der Waals surface area contributed by atoms with Gasteiger partial charge in [0.25, 0.3) is 5.92 Å². The van der Waals surface area contributed by atoms with Crippen molar-refractivity contribution in [3.05, 3.63) is 16.6 Å². The summed E-state index contributed by atoms with van der Waals surface area (Å²) in [6.07, 6.45) is 0. The van der Waals surface area contributed by atoms with Gasteiger partial charge in [-0.25, -0.2) is 21.9 Å². The second kappa shape index (κ2) is 6.03. The standard InChI is InChI=1S/C11H13BrF2N2O4S/c12-7-3-8-9(20-2-1-19-8)4-10(7)21(17,18)16-6-11(13,14)5-15/h3-4,16H,1-2,5-6,15H2. The fraction of sp³-hybridized carbons (Fsp3) is 0.455. The lowest BCUT2D eigenvalue weighted by atomic mass is 10.3. The SMILES string of the molecule is NCC(F)(F)CNS(=O)(=O)c1cc2c(cc1Br)OCCO2. The zero-order valence-corrected chi connectivity index (χ0v) is 13.1. The molecule has 0 saturated carbocycles. The van der Waals surface area contributed by atoms with Crippen molar-refractivity contribution in [3.8, 4) is 11.5 Å². The minimum atomic E-state index is -4.14. The Balaban J connectivity index is 2.28. The molecule has 0 fully saturated rings. The molecule has 0 amide bonds. The Labute approximate surface area is 128 Å². The van der Waals surface area contributed by atoms with E-state index in [-0.39, 0.29) is 21.7 Å². The predicted molar refractivity (Wildman–Crippen MR) is 74.3 cm³/mol. The highest BCUT2D eigenvalue weighted by atomic mass is 79.9. The van der Waals surface area contributed by atoms with Crippen molar-refractivity contribution in [2.75, 3.05) is 26.3 Å². The van der Waals surface area contributed by atoms with E-state index in [4.69, 9.17) is 15.2 Å². The van der Waals surface area contributed by atoms with Crippen LogP contribution >= 0.6 is 15.9 Å². The summed E-state index contributed by atoms with van der Waals surface area (Å²) in [4.78, 5) is -0.209. The molecule has 1 heterocycles. The molecule has 1 aromatic carbocycles. The molecule has 0 radical (unpaired) electrons. The van der Waals surface area contributed by atoms with Gasteiger partial charge in [0, 0.05) is 10.5 Å². The quantitative estimate of drug-likeness (QED) is 0.790. The molecule has 21 heavy (non-hydrogen) atoms. The Morgan fingerprint density at radius 3 is 2.43 bits per heavy atom. The van der Waals surface area contributed by atoms with E-state index < -0.39 is 29.0 Å². The summed E-state index contributed by atoms with van der Waals surface area (Å²) in [6.45, 7) is -1.39. The Morgan fingerprint density at radius 1 is 1.29 bits per heavy atom. The van der Waals surface area contributed by atoms with Gasteiger partial charge in [-0.1, -0.05) is 0 Å². The van der Waals surface area contributed by atoms with Crippen LogP contribution in [0.2, 0.25) is 0 Å². The molecule has 0 atom stereocenters. The molecule has 0 spiro atoms. The molecule has 0 aliphatic carbocycles. The van der Waals surface area contributed by atoms with Crippen LogP contribution in [0.3, 0.4) is 0 Å². The van der Waals surface area contributed by atoms with Gasteiger partial charge in [-0.3, -0.25) is 0 Å². The first-order valence-electron chi connectivity index (χ1n) is 5.92. The van der Waals surface area contributed by atoms with Crippen molar-refractivity contribution in [2.45, 2.75) is 10.8 Å². The number of ether oxygens (including phenoxy) is 2. The minimum Gasteiger partial charge on any atom is -0.486 e. The lowest BCUT2D eigenvalue weighted by molar-refractivity contribution is 0.0170. The van der Waals surface area contributed by atoms with Gasteiger partial charge in [0.1, 0.15) is 18.1 Å². The highest BCUT2D eigenvalue weighted by Gasteiger charge is 2.31. The first kappa shape index (κ1) is 16.4. The molecule has 0 saturated heterocycles. The van der Waals surface area contributed by atoms with E-state index in [2.05, 4.69) is 15.9 Å². The molecule has 10 heteroatoms. The number of rotatable bonds is 5. The van der Waals surface area contributed by atoms with Crippen LogP contribution in [0.25, 0.3) is 0 Å². The van der Waals surface area contributed by atoms with Gasteiger partial charge in [0.2, 0.25) is 10.0 Å². The number of hydrogen-bond donors (Lipinski definition) is 2. The van der Waals surface area contributed by atoms with Crippen molar-refractivity contribution in [1.82, 2.24) is 4.72 Å². The summed E-state index contributed by atoms with van der Waals surface area (Å²) in [7, 11) is -4.14. The molecule has 118 valence electrons. The van der Waals surface area contributed by atoms with Gasteiger partial charge in [-0.15, -0.1) is 0 Å². The third-order valence-electron chi connectivity index (χ3n) is 2.71. The molecular weight excluding hydrogens is 374 g/mol. The number of nitrogens with one attached hydrogen (secondary N) is 1. The summed E-state index contributed by atoms with van der Waals surface area (Å²) in [5, 5.41) is 0. The first-order chi connectivity index (χ1) is 9.75. The van der Waals surface area contributed by atoms with E-state index >= 15 is 0 Å². The zero-order valence-electron chi connectivity index (χ0n) is 10.7. The van der Waals surface area contributed by atoms with E-state index in [1.54, 1.807) is 0 Å². The Bertz CT molecular complexity index is 639. The number of benzene rings is 1. The van der Waals surface area contributed by atoms with Crippen LogP contribution in [0.1, 0.15) is 0 Å². The lowest BCUT2D eigenvalue weighted by Gasteiger charge is -2.20. The van der Waals surface area contributed by atoms with Gasteiger partial charge >= 0.3 is 0 Å². The number of fused-ring (bicyclic) bond motifs is 1. The Hall–Kier alpha value is -0.970. The minimum absolute atomic E-state index is 0.190. The highest BCUT2D eigenvalue weighted by molar-refractivity contribution is 9.10. The van der Waals surface area contributed by atoms with Crippen LogP contribution in [0, 0.1) is 0 Å². The third kappa shape index (κ3) is 3.82. The van der Waals surface area contributed by atoms with Crippen molar-refractivity contribution in [3.63, 3.8) is 0 Å². The Kier molecular flexibility index (Phi) is 4.71. The number of nitrogens with two attached hydrogens (primary N) is 1. The number of hydrogen-bond acceptors (Lipinski definition) is 5. The van der Waals surface area contributed by atoms with Crippen molar-refractivity contribution in [2.24, 2.45) is 5.73 Å². The van der Waals surface area contributed by atoms with Gasteiger partial charge in [0.15, 0.2) is 11.5 Å². The number of sulfonamides is 1. The molecule has 1 aromatic rings. The molecular formula is C11H13BrF2N2O4S. The predicted octanol–water partition coefficient (Wildman–Crippen LogP) is 1.09. The van der Waals surface area contributed by atoms with Crippen LogP contribution < -0.4 is 19.9 Å². The fourth-order valence-corrected chi connectivity index (χ4v) is 3.70. The average molecular weight is 387 g/mol. The molecule has 1 aliphatic heterocycles. The molecule has 1 aliphatic rings. The summed E-state index contributed by atoms with van der Waals surface area (Å²) in [5.74, 6) is -2.68. The topological polar surface area (TPSA) is 90.7 Å². The summed E-state index contributed by atoms with van der Waals surface area (Å²) in [5.41, 5.74) is 4.86. The number of halogens is 3. The molecule has 3 N–H and O–H groups in total. The van der Waals surface area contributed by atoms with Gasteiger partial charge in [-0.05, 0) is 22.0 Å². The van der Waals surface area contributed by atoms with Crippen molar-refractivity contribution in [1.29, 1.82) is 0 Å². The van der Waals surface area contributed by atoms with Crippen LogP contribution in [-0.4, -0.2) is 40.6 Å². The monoisotopic (exact) mass is 386 g/mol. The maximum Gasteiger partial charge on any atom is 0.273 e. The van der Waals surface area contributed by atoms with Gasteiger partial charge in [-0.2, -0.15) is 0 Å². The van der Waals surface area contributed by atoms with Crippen LogP contribution in [0.4, 0.5) is 8.78 Å². The van der Waals surface area contributed by atoms with Gasteiger partial charge in [0.05, 0.1) is 13.1 Å². The highest BCUT2D eigenvalue weighted by Crippen LogP contribution is 2.37. The van der Waals surface area contributed by atoms with Crippen molar-refractivity contribution >= 4 is 26.0 Å². The van der Waals surface area contributed by atoms with E-state index in [9.17, 15) is 17.2 Å². The maximum absolute atomic E-state index is 13.1. The third-order valence-corrected chi connectivity index (χ3v) is 5.07. The molecule has 2 rings (SSSR count). The van der Waals surface area contributed by atoms with Crippen LogP contribution in [-0.2, 0) is 10.0 Å². The molecule has 0 bridgehead atoms. The molecule has 6 nitrogen and oxygen atoms in total. The Morgan fingerprint density at radius 2 is 1.86 bits per heavy atom. The van der Waals surface area contributed by atoms with Crippen LogP contribution in [0.5, 0.6) is 11.5 Å². The van der Waals surface area contributed by atoms with Gasteiger partial charge < -0.3 is 15.2 Å². The van der Waals surface area contributed by atoms with E-state index in [1.807, 2.05) is 4.72 Å². The smallest absolute Gasteiger partial charge is 0.273 e. The normalized spacial score (nSPS) is 15.0. The summed E-state index contributed by atoms with van der Waals surface area (Å²) >= 11 is 3.08. The first-order valence-corrected chi connectivity index (χ1v) is 8.19. The second-order valence-corrected chi connectivity index (χ2v) is 6.90. The average Bonchev–Trinajstić information content (AvgIpc) is 2.44. The molecule has 0 aromatic heterocycles. The lowest BCUT2D eigenvalue weighted by Crippen LogP contribution is -2.41. The van der Waals surface area contributed by atoms with E-state index in [0.29, 0.717) is 12.4 Å².